The van der Waals surface area contributed by atoms with Crippen molar-refractivity contribution in [2.24, 2.45) is 5.92 Å². The zero-order valence-electron chi connectivity index (χ0n) is 14.6. The molecular weight excluding hydrogens is 340 g/mol. The Kier molecular flexibility index (Phi) is 4.74. The van der Waals surface area contributed by atoms with Gasteiger partial charge in [-0.3, -0.25) is 4.79 Å². The third-order valence-electron chi connectivity index (χ3n) is 5.53. The van der Waals surface area contributed by atoms with Gasteiger partial charge in [0.05, 0.1) is 0 Å². The molecule has 4 rings (SSSR count). The summed E-state index contributed by atoms with van der Waals surface area (Å²) in [5.41, 5.74) is 0.0729. The highest BCUT2D eigenvalue weighted by Crippen LogP contribution is 2.31. The molecule has 2 aliphatic rings. The van der Waals surface area contributed by atoms with Crippen LogP contribution in [0.15, 0.2) is 24.7 Å². The summed E-state index contributed by atoms with van der Waals surface area (Å²) in [7, 11) is 0. The summed E-state index contributed by atoms with van der Waals surface area (Å²) in [4.78, 5) is 18.9. The molecule has 0 radical (unpaired) electrons. The first-order chi connectivity index (χ1) is 12.6. The average molecular weight is 363 g/mol. The van der Waals surface area contributed by atoms with Crippen molar-refractivity contribution in [3.05, 3.63) is 36.2 Å². The number of aromatic nitrogens is 4. The summed E-state index contributed by atoms with van der Waals surface area (Å²) < 4.78 is 28.1. The number of hydrogen-bond acceptors (Lipinski definition) is 3. The molecule has 3 heterocycles. The van der Waals surface area contributed by atoms with E-state index in [0.717, 1.165) is 37.3 Å². The fourth-order valence-electron chi connectivity index (χ4n) is 3.88. The van der Waals surface area contributed by atoms with E-state index in [2.05, 4.69) is 14.6 Å². The van der Waals surface area contributed by atoms with Crippen molar-refractivity contribution >= 4 is 5.91 Å². The van der Waals surface area contributed by atoms with Crippen LogP contribution in [0, 0.1) is 5.92 Å². The predicted molar refractivity (Wildman–Crippen MR) is 90.9 cm³/mol. The van der Waals surface area contributed by atoms with Crippen LogP contribution in [0.5, 0.6) is 0 Å². The van der Waals surface area contributed by atoms with Crippen LogP contribution >= 0.6 is 0 Å². The van der Waals surface area contributed by atoms with Gasteiger partial charge in [-0.25, -0.2) is 9.67 Å². The summed E-state index contributed by atoms with van der Waals surface area (Å²) in [6.45, 7) is -0.550. The Balaban J connectivity index is 1.45. The van der Waals surface area contributed by atoms with E-state index in [-0.39, 0.29) is 17.5 Å². The van der Waals surface area contributed by atoms with Crippen molar-refractivity contribution in [3.8, 4) is 0 Å². The molecule has 6 nitrogen and oxygen atoms in total. The lowest BCUT2D eigenvalue weighted by Gasteiger charge is -2.33. The lowest BCUT2D eigenvalue weighted by Crippen LogP contribution is -2.40. The van der Waals surface area contributed by atoms with Gasteiger partial charge in [0.15, 0.2) is 5.69 Å². The predicted octanol–water partition coefficient (Wildman–Crippen LogP) is 3.29. The topological polar surface area (TPSA) is 56.0 Å². The van der Waals surface area contributed by atoms with Gasteiger partial charge >= 0.3 is 6.55 Å². The molecule has 0 aromatic carbocycles. The molecule has 0 N–H and O–H groups in total. The minimum Gasteiger partial charge on any atom is -0.337 e. The summed E-state index contributed by atoms with van der Waals surface area (Å²) >= 11 is 0. The SMILES string of the molecule is O=C(c1ccn(C(F)F)n1)N1CCCC(c2nccn2CC2CCC2)C1. The molecule has 1 amide bonds. The van der Waals surface area contributed by atoms with Gasteiger partial charge < -0.3 is 9.47 Å². The second-order valence-corrected chi connectivity index (χ2v) is 7.28. The smallest absolute Gasteiger partial charge is 0.333 e. The molecule has 1 atom stereocenters. The van der Waals surface area contributed by atoms with Crippen LogP contribution in [0.2, 0.25) is 0 Å². The highest BCUT2D eigenvalue weighted by molar-refractivity contribution is 5.92. The fraction of sp³-hybridized carbons (Fsp3) is 0.611. The Morgan fingerprint density at radius 3 is 2.77 bits per heavy atom. The zero-order chi connectivity index (χ0) is 18.1. The van der Waals surface area contributed by atoms with E-state index >= 15 is 0 Å². The summed E-state index contributed by atoms with van der Waals surface area (Å²) in [5, 5.41) is 3.70. The van der Waals surface area contributed by atoms with Crippen molar-refractivity contribution in [1.82, 2.24) is 24.2 Å². The lowest BCUT2D eigenvalue weighted by atomic mass is 9.85. The maximum absolute atomic E-state index is 12.7. The number of rotatable bonds is 5. The van der Waals surface area contributed by atoms with E-state index in [4.69, 9.17) is 0 Å². The molecule has 2 aromatic heterocycles. The Morgan fingerprint density at radius 2 is 2.08 bits per heavy atom. The van der Waals surface area contributed by atoms with Gasteiger partial charge in [0, 0.05) is 44.1 Å². The number of piperidine rings is 1. The summed E-state index contributed by atoms with van der Waals surface area (Å²) in [6, 6.07) is 1.36. The van der Waals surface area contributed by atoms with Crippen LogP contribution in [0.4, 0.5) is 8.78 Å². The Hall–Kier alpha value is -2.25. The van der Waals surface area contributed by atoms with Crippen molar-refractivity contribution < 1.29 is 13.6 Å². The minimum atomic E-state index is -2.73. The highest BCUT2D eigenvalue weighted by Gasteiger charge is 2.30. The van der Waals surface area contributed by atoms with Gasteiger partial charge in [-0.2, -0.15) is 13.9 Å². The molecule has 8 heteroatoms. The van der Waals surface area contributed by atoms with E-state index in [1.54, 1.807) is 4.90 Å². The van der Waals surface area contributed by atoms with Crippen molar-refractivity contribution in [2.45, 2.75) is 51.1 Å². The number of carbonyl (C=O) groups excluding carboxylic acids is 1. The van der Waals surface area contributed by atoms with Gasteiger partial charge in [-0.05, 0) is 37.7 Å². The molecule has 1 unspecified atom stereocenters. The van der Waals surface area contributed by atoms with Gasteiger partial charge in [0.25, 0.3) is 5.91 Å². The van der Waals surface area contributed by atoms with Crippen LogP contribution < -0.4 is 0 Å². The molecule has 26 heavy (non-hydrogen) atoms. The Labute approximate surface area is 150 Å². The van der Waals surface area contributed by atoms with Crippen molar-refractivity contribution in [2.75, 3.05) is 13.1 Å². The molecule has 0 spiro atoms. The maximum Gasteiger partial charge on any atom is 0.333 e. The molecular formula is C18H23F2N5O. The van der Waals surface area contributed by atoms with E-state index in [1.165, 1.54) is 25.3 Å². The number of amides is 1. The molecule has 1 saturated heterocycles. The third-order valence-corrected chi connectivity index (χ3v) is 5.53. The molecule has 1 aliphatic heterocycles. The number of imidazole rings is 1. The second kappa shape index (κ2) is 7.17. The fourth-order valence-corrected chi connectivity index (χ4v) is 3.88. The zero-order valence-corrected chi connectivity index (χ0v) is 14.6. The van der Waals surface area contributed by atoms with E-state index in [1.807, 2.05) is 12.4 Å². The molecule has 140 valence electrons. The maximum atomic E-state index is 12.7. The first kappa shape index (κ1) is 17.2. The van der Waals surface area contributed by atoms with Crippen molar-refractivity contribution in [1.29, 1.82) is 0 Å². The quantitative estimate of drug-likeness (QED) is 0.819. The van der Waals surface area contributed by atoms with E-state index in [0.29, 0.717) is 17.8 Å². The molecule has 1 saturated carbocycles. The number of likely N-dealkylation sites (tertiary alicyclic amines) is 1. The largest absolute Gasteiger partial charge is 0.337 e. The van der Waals surface area contributed by atoms with Crippen LogP contribution in [0.25, 0.3) is 0 Å². The Bertz CT molecular complexity index is 767. The van der Waals surface area contributed by atoms with Crippen LogP contribution in [-0.4, -0.2) is 43.2 Å². The number of carbonyl (C=O) groups is 1. The normalized spacial score (nSPS) is 21.2. The number of halogens is 2. The number of alkyl halides is 2. The Morgan fingerprint density at radius 1 is 1.23 bits per heavy atom. The summed E-state index contributed by atoms with van der Waals surface area (Å²) in [5.74, 6) is 1.67. The van der Waals surface area contributed by atoms with E-state index < -0.39 is 6.55 Å². The summed E-state index contributed by atoms with van der Waals surface area (Å²) in [6.07, 6.45) is 10.7. The van der Waals surface area contributed by atoms with Gasteiger partial charge in [-0.1, -0.05) is 6.42 Å². The van der Waals surface area contributed by atoms with E-state index in [9.17, 15) is 13.6 Å². The van der Waals surface area contributed by atoms with Crippen LogP contribution in [-0.2, 0) is 6.54 Å². The van der Waals surface area contributed by atoms with Crippen molar-refractivity contribution in [3.63, 3.8) is 0 Å². The highest BCUT2D eigenvalue weighted by atomic mass is 19.3. The number of nitrogens with zero attached hydrogens (tertiary/aromatic N) is 5. The third kappa shape index (κ3) is 3.37. The lowest BCUT2D eigenvalue weighted by molar-refractivity contribution is 0.0546. The molecule has 0 bridgehead atoms. The first-order valence-corrected chi connectivity index (χ1v) is 9.25. The standard InChI is InChI=1S/C18H23F2N5O/c19-18(20)25-9-6-15(22-25)17(26)24-8-2-5-14(12-24)16-21-7-10-23(16)11-13-3-1-4-13/h6-7,9-10,13-14,18H,1-5,8,11-12H2. The minimum absolute atomic E-state index is 0.0729. The van der Waals surface area contributed by atoms with Gasteiger partial charge in [-0.15, -0.1) is 0 Å². The monoisotopic (exact) mass is 363 g/mol. The molecule has 2 fully saturated rings. The first-order valence-electron chi connectivity index (χ1n) is 9.25. The number of hydrogen-bond donors (Lipinski definition) is 0. The molecule has 2 aromatic rings. The second-order valence-electron chi connectivity index (χ2n) is 7.28. The van der Waals surface area contributed by atoms with Crippen LogP contribution in [0.1, 0.15) is 60.9 Å². The average Bonchev–Trinajstić information content (AvgIpc) is 3.27. The van der Waals surface area contributed by atoms with Crippen LogP contribution in [0.3, 0.4) is 0 Å². The van der Waals surface area contributed by atoms with Gasteiger partial charge in [0.1, 0.15) is 5.82 Å². The molecule has 1 aliphatic carbocycles. The van der Waals surface area contributed by atoms with Gasteiger partial charge in [0.2, 0.25) is 0 Å².